The molecule has 2 aromatic carbocycles. The van der Waals surface area contributed by atoms with Gasteiger partial charge in [0, 0.05) is 19.3 Å². The molecule has 8 nitrogen and oxygen atoms in total. The Kier molecular flexibility index (Phi) is 10.9. The molecule has 10 heteroatoms. The number of hydrogen-bond acceptors (Lipinski definition) is 3. The molecule has 1 atom stereocenters. The van der Waals surface area contributed by atoms with Gasteiger partial charge in [-0.3, -0.25) is 10.2 Å². The first-order valence-corrected chi connectivity index (χ1v) is 10.7. The van der Waals surface area contributed by atoms with Crippen molar-refractivity contribution in [3.63, 3.8) is 0 Å². The van der Waals surface area contributed by atoms with Crippen molar-refractivity contribution in [3.8, 4) is 0 Å². The number of nitrogens with zero attached hydrogens (tertiary/aromatic N) is 2. The summed E-state index contributed by atoms with van der Waals surface area (Å²) in [4.78, 5) is 17.3. The second-order valence-electron chi connectivity index (χ2n) is 7.62. The van der Waals surface area contributed by atoms with Gasteiger partial charge in [0.05, 0.1) is 22.5 Å². The average Bonchev–Trinajstić information content (AvgIpc) is 3.21. The summed E-state index contributed by atoms with van der Waals surface area (Å²) in [6.07, 6.45) is 2.61. The van der Waals surface area contributed by atoms with Crippen LogP contribution < -0.4 is 11.1 Å². The lowest BCUT2D eigenvalue weighted by molar-refractivity contribution is -0.131. The Labute approximate surface area is 198 Å². The van der Waals surface area contributed by atoms with Gasteiger partial charge in [-0.2, -0.15) is 0 Å². The maximum absolute atomic E-state index is 13.1. The van der Waals surface area contributed by atoms with E-state index in [-0.39, 0.29) is 35.3 Å². The topological polar surface area (TPSA) is 148 Å². The number of nitrogens with two attached hydrogens (primary N) is 1. The molecule has 0 aromatic heterocycles. The van der Waals surface area contributed by atoms with Gasteiger partial charge in [-0.15, -0.1) is 0 Å². The highest BCUT2D eigenvalue weighted by Crippen LogP contribution is 2.27. The number of nitrogens with one attached hydrogen (secondary N) is 2. The molecule has 32 heavy (non-hydrogen) atoms. The predicted octanol–water partition coefficient (Wildman–Crippen LogP) is 2.49. The van der Waals surface area contributed by atoms with Gasteiger partial charge in [0.25, 0.3) is 0 Å². The Hall–Kier alpha value is -2.36. The van der Waals surface area contributed by atoms with Gasteiger partial charge in [0.15, 0.2) is 5.96 Å². The molecule has 2 aromatic rings. The Morgan fingerprint density at radius 3 is 2.47 bits per heavy atom. The average molecular weight is 484 g/mol. The Bertz CT molecular complexity index is 922. The molecule has 0 radical (unpaired) electrons. The molecular formula is C22H31Cl2N5O3. The van der Waals surface area contributed by atoms with Gasteiger partial charge in [0.1, 0.15) is 0 Å². The molecule has 1 fully saturated rings. The molecule has 1 saturated heterocycles. The largest absolute Gasteiger partial charge is 0.412 e. The number of halogens is 2. The van der Waals surface area contributed by atoms with Crippen LogP contribution in [-0.2, 0) is 11.2 Å². The number of rotatable bonds is 7. The highest BCUT2D eigenvalue weighted by atomic mass is 35.5. The Morgan fingerprint density at radius 2 is 1.84 bits per heavy atom. The first kappa shape index (κ1) is 27.7. The van der Waals surface area contributed by atoms with E-state index in [1.807, 2.05) is 37.4 Å². The Balaban J connectivity index is 0.00000256. The van der Waals surface area contributed by atoms with E-state index in [2.05, 4.69) is 10.2 Å². The van der Waals surface area contributed by atoms with Crippen molar-refractivity contribution in [2.75, 3.05) is 32.0 Å². The standard InChI is InChI=1S/C22H27Cl2N5O.2H2O/c1-28(21(30)12-15-7-8-18(23)19(24)11-15)20(14-29-9-2-3-10-29)16-5-4-6-17(13-16)27-22(25)26;;/h4-8,11,13,20H,2-3,9-10,12,14H2,1H3,(H4,25,26,27);2*1H2. The number of guanidine groups is 1. The van der Waals surface area contributed by atoms with E-state index >= 15 is 0 Å². The zero-order valence-electron chi connectivity index (χ0n) is 18.0. The van der Waals surface area contributed by atoms with Crippen LogP contribution in [0.3, 0.4) is 0 Å². The lowest BCUT2D eigenvalue weighted by atomic mass is 10.0. The molecule has 3 rings (SSSR count). The van der Waals surface area contributed by atoms with Crippen molar-refractivity contribution < 1.29 is 15.7 Å². The molecule has 1 aliphatic heterocycles. The fourth-order valence-electron chi connectivity index (χ4n) is 3.76. The quantitative estimate of drug-likeness (QED) is 0.409. The van der Waals surface area contributed by atoms with Gasteiger partial charge in [0.2, 0.25) is 5.91 Å². The molecule has 0 aliphatic carbocycles. The summed E-state index contributed by atoms with van der Waals surface area (Å²) in [5.41, 5.74) is 8.04. The smallest absolute Gasteiger partial charge is 0.227 e. The van der Waals surface area contributed by atoms with Crippen LogP contribution in [0.2, 0.25) is 10.0 Å². The fraction of sp³-hybridized carbons (Fsp3) is 0.364. The molecule has 0 bridgehead atoms. The Morgan fingerprint density at radius 1 is 1.16 bits per heavy atom. The highest BCUT2D eigenvalue weighted by Gasteiger charge is 2.26. The maximum atomic E-state index is 13.1. The minimum Gasteiger partial charge on any atom is -0.412 e. The second kappa shape index (κ2) is 12.6. The molecule has 1 aliphatic rings. The van der Waals surface area contributed by atoms with Gasteiger partial charge >= 0.3 is 0 Å². The summed E-state index contributed by atoms with van der Waals surface area (Å²) in [7, 11) is 1.84. The van der Waals surface area contributed by atoms with Crippen LogP contribution in [0.1, 0.15) is 30.0 Å². The molecule has 0 spiro atoms. The number of likely N-dealkylation sites (N-methyl/N-ethyl adjacent to an activating group) is 1. The van der Waals surface area contributed by atoms with Gasteiger partial charge < -0.3 is 31.8 Å². The fourth-order valence-corrected chi connectivity index (χ4v) is 4.08. The third kappa shape index (κ3) is 7.36. The van der Waals surface area contributed by atoms with Crippen LogP contribution in [-0.4, -0.2) is 59.3 Å². The van der Waals surface area contributed by atoms with Crippen LogP contribution in [0.5, 0.6) is 0 Å². The SMILES string of the molecule is CN(C(=O)Cc1ccc(Cl)c(Cl)c1)C(CN1CCCC1)c1cccc(NC(=N)N)c1.O.O. The normalized spacial score (nSPS) is 14.1. The minimum atomic E-state index is -0.118. The molecule has 1 unspecified atom stereocenters. The summed E-state index contributed by atoms with van der Waals surface area (Å²) < 4.78 is 0. The van der Waals surface area contributed by atoms with E-state index in [0.717, 1.165) is 36.4 Å². The summed E-state index contributed by atoms with van der Waals surface area (Å²) in [5.74, 6) is -0.116. The lowest BCUT2D eigenvalue weighted by Gasteiger charge is -2.32. The first-order valence-electron chi connectivity index (χ1n) is 9.96. The minimum absolute atomic E-state index is 0. The molecule has 0 saturated carbocycles. The molecule has 1 amide bonds. The van der Waals surface area contributed by atoms with Crippen molar-refractivity contribution in [3.05, 3.63) is 63.6 Å². The number of hydrogen-bond donors (Lipinski definition) is 3. The van der Waals surface area contributed by atoms with E-state index < -0.39 is 0 Å². The first-order chi connectivity index (χ1) is 14.3. The van der Waals surface area contributed by atoms with E-state index in [1.54, 1.807) is 17.0 Å². The van der Waals surface area contributed by atoms with Gasteiger partial charge in [-0.25, -0.2) is 0 Å². The van der Waals surface area contributed by atoms with Crippen LogP contribution in [0.15, 0.2) is 42.5 Å². The highest BCUT2D eigenvalue weighted by molar-refractivity contribution is 6.42. The van der Waals surface area contributed by atoms with Gasteiger partial charge in [-0.1, -0.05) is 41.4 Å². The molecule has 8 N–H and O–H groups in total. The second-order valence-corrected chi connectivity index (χ2v) is 8.43. The van der Waals surface area contributed by atoms with Crippen LogP contribution in [0.25, 0.3) is 0 Å². The third-order valence-corrected chi connectivity index (χ3v) is 6.12. The van der Waals surface area contributed by atoms with Crippen molar-refractivity contribution in [2.45, 2.75) is 25.3 Å². The molecular weight excluding hydrogens is 453 g/mol. The van der Waals surface area contributed by atoms with Crippen LogP contribution in [0.4, 0.5) is 5.69 Å². The summed E-state index contributed by atoms with van der Waals surface area (Å²) in [6, 6.07) is 12.9. The molecule has 1 heterocycles. The number of likely N-dealkylation sites (tertiary alicyclic amines) is 1. The summed E-state index contributed by atoms with van der Waals surface area (Å²) in [6.45, 7) is 2.83. The summed E-state index contributed by atoms with van der Waals surface area (Å²) >= 11 is 12.1. The monoisotopic (exact) mass is 483 g/mol. The zero-order chi connectivity index (χ0) is 21.7. The maximum Gasteiger partial charge on any atom is 0.227 e. The number of benzene rings is 2. The lowest BCUT2D eigenvalue weighted by Crippen LogP contribution is -2.39. The zero-order valence-corrected chi connectivity index (χ0v) is 19.5. The van der Waals surface area contributed by atoms with E-state index in [1.165, 1.54) is 12.8 Å². The number of amides is 1. The summed E-state index contributed by atoms with van der Waals surface area (Å²) in [5, 5.41) is 11.2. The van der Waals surface area contributed by atoms with Crippen LogP contribution in [0, 0.1) is 5.41 Å². The van der Waals surface area contributed by atoms with Crippen molar-refractivity contribution in [1.82, 2.24) is 9.80 Å². The van der Waals surface area contributed by atoms with Crippen molar-refractivity contribution in [2.24, 2.45) is 5.73 Å². The molecule has 176 valence electrons. The number of carbonyl (C=O) groups excluding carboxylic acids is 1. The van der Waals surface area contributed by atoms with Crippen molar-refractivity contribution in [1.29, 1.82) is 5.41 Å². The van der Waals surface area contributed by atoms with E-state index in [0.29, 0.717) is 10.0 Å². The number of carbonyl (C=O) groups is 1. The van der Waals surface area contributed by atoms with E-state index in [9.17, 15) is 4.79 Å². The van der Waals surface area contributed by atoms with Crippen LogP contribution >= 0.6 is 23.2 Å². The third-order valence-electron chi connectivity index (χ3n) is 5.38. The predicted molar refractivity (Wildman–Crippen MR) is 131 cm³/mol. The van der Waals surface area contributed by atoms with Crippen molar-refractivity contribution >= 4 is 40.8 Å². The van der Waals surface area contributed by atoms with E-state index in [4.69, 9.17) is 34.3 Å². The number of anilines is 1. The van der Waals surface area contributed by atoms with Gasteiger partial charge in [-0.05, 0) is 61.3 Å².